The molecule has 0 spiro atoms. The molecule has 0 aliphatic rings. The smallest absolute Gasteiger partial charge is 0.261 e. The number of hydrogen-bond donors (Lipinski definition) is 1. The first-order valence-corrected chi connectivity index (χ1v) is 11.1. The molecule has 1 N–H and O–H groups in total. The van der Waals surface area contributed by atoms with Gasteiger partial charge in [0.25, 0.3) is 5.91 Å². The highest BCUT2D eigenvalue weighted by Crippen LogP contribution is 2.26. The molecule has 0 fully saturated rings. The van der Waals surface area contributed by atoms with Gasteiger partial charge < -0.3 is 15.0 Å². The van der Waals surface area contributed by atoms with E-state index in [2.05, 4.69) is 5.32 Å². The molecule has 0 radical (unpaired) electrons. The van der Waals surface area contributed by atoms with Crippen molar-refractivity contribution < 1.29 is 14.3 Å². The molecular weight excluding hydrogens is 412 g/mol. The number of nitrogens with one attached hydrogen (secondary N) is 1. The molecule has 2 amide bonds. The molecule has 2 aromatic rings. The van der Waals surface area contributed by atoms with Gasteiger partial charge in [0.2, 0.25) is 5.91 Å². The Morgan fingerprint density at radius 1 is 1.10 bits per heavy atom. The molecule has 0 aliphatic carbocycles. The predicted molar refractivity (Wildman–Crippen MR) is 126 cm³/mol. The molecule has 168 valence electrons. The Bertz CT molecular complexity index is 861. The van der Waals surface area contributed by atoms with Gasteiger partial charge in [0, 0.05) is 17.6 Å². The number of rotatable bonds is 10. The van der Waals surface area contributed by atoms with Crippen molar-refractivity contribution in [2.75, 3.05) is 13.2 Å². The van der Waals surface area contributed by atoms with Gasteiger partial charge in [-0.15, -0.1) is 0 Å². The minimum Gasteiger partial charge on any atom is -0.484 e. The van der Waals surface area contributed by atoms with E-state index in [0.29, 0.717) is 30.2 Å². The van der Waals surface area contributed by atoms with Crippen molar-refractivity contribution in [3.63, 3.8) is 0 Å². The topological polar surface area (TPSA) is 58.6 Å². The van der Waals surface area contributed by atoms with E-state index in [1.54, 1.807) is 4.90 Å². The summed E-state index contributed by atoms with van der Waals surface area (Å²) in [4.78, 5) is 27.6. The minimum absolute atomic E-state index is 0.00360. The molecule has 0 heterocycles. The third-order valence-electron chi connectivity index (χ3n) is 5.07. The number of benzene rings is 2. The lowest BCUT2D eigenvalue weighted by atomic mass is 10.1. The second kappa shape index (κ2) is 11.8. The van der Waals surface area contributed by atoms with E-state index in [-0.39, 0.29) is 24.5 Å². The number of halogens is 1. The zero-order chi connectivity index (χ0) is 23.0. The summed E-state index contributed by atoms with van der Waals surface area (Å²) in [5, 5.41) is 3.63. The Morgan fingerprint density at radius 3 is 2.26 bits per heavy atom. The maximum atomic E-state index is 13.2. The van der Waals surface area contributed by atoms with Crippen LogP contribution in [0.2, 0.25) is 5.02 Å². The molecule has 31 heavy (non-hydrogen) atoms. The maximum Gasteiger partial charge on any atom is 0.261 e. The lowest BCUT2D eigenvalue weighted by Gasteiger charge is -2.31. The standard InChI is InChI=1S/C25H33ClN2O3/c1-6-22(25(30)27-17(2)3)28(13-12-20-10-8-7-9-11-20)23(29)16-31-21-14-18(4)24(26)19(5)15-21/h7-11,14-15,17,22H,6,12-13,16H2,1-5H3,(H,27,30). The van der Waals surface area contributed by atoms with E-state index in [1.807, 2.05) is 77.1 Å². The van der Waals surface area contributed by atoms with Crippen LogP contribution in [0.4, 0.5) is 0 Å². The molecule has 1 atom stereocenters. The van der Waals surface area contributed by atoms with Gasteiger partial charge >= 0.3 is 0 Å². The van der Waals surface area contributed by atoms with E-state index < -0.39 is 6.04 Å². The molecule has 2 rings (SSSR count). The van der Waals surface area contributed by atoms with Crippen LogP contribution in [0, 0.1) is 13.8 Å². The van der Waals surface area contributed by atoms with Gasteiger partial charge in [-0.25, -0.2) is 0 Å². The summed E-state index contributed by atoms with van der Waals surface area (Å²) in [6.07, 6.45) is 1.19. The molecule has 0 saturated heterocycles. The number of carbonyl (C=O) groups excluding carboxylic acids is 2. The summed E-state index contributed by atoms with van der Waals surface area (Å²) in [5.41, 5.74) is 2.91. The van der Waals surface area contributed by atoms with Gasteiger partial charge in [0.05, 0.1) is 0 Å². The highest BCUT2D eigenvalue weighted by atomic mass is 35.5. The third kappa shape index (κ3) is 7.28. The molecule has 0 saturated carbocycles. The number of nitrogens with zero attached hydrogens (tertiary/aromatic N) is 1. The van der Waals surface area contributed by atoms with E-state index in [9.17, 15) is 9.59 Å². The van der Waals surface area contributed by atoms with Crippen LogP contribution in [0.25, 0.3) is 0 Å². The van der Waals surface area contributed by atoms with Crippen LogP contribution in [-0.2, 0) is 16.0 Å². The molecular formula is C25H33ClN2O3. The van der Waals surface area contributed by atoms with Gasteiger partial charge in [-0.1, -0.05) is 48.9 Å². The monoisotopic (exact) mass is 444 g/mol. The molecule has 0 aromatic heterocycles. The second-order valence-corrected chi connectivity index (χ2v) is 8.45. The second-order valence-electron chi connectivity index (χ2n) is 8.07. The number of carbonyl (C=O) groups is 2. The van der Waals surface area contributed by atoms with Crippen molar-refractivity contribution in [2.24, 2.45) is 0 Å². The van der Waals surface area contributed by atoms with Crippen LogP contribution >= 0.6 is 11.6 Å². The normalized spacial score (nSPS) is 11.8. The fraction of sp³-hybridized carbons (Fsp3) is 0.440. The van der Waals surface area contributed by atoms with Crippen LogP contribution in [0.15, 0.2) is 42.5 Å². The molecule has 1 unspecified atom stereocenters. The van der Waals surface area contributed by atoms with Gasteiger partial charge in [-0.2, -0.15) is 0 Å². The molecule has 6 heteroatoms. The summed E-state index contributed by atoms with van der Waals surface area (Å²) in [6.45, 7) is 9.85. The van der Waals surface area contributed by atoms with Crippen molar-refractivity contribution in [2.45, 2.75) is 59.5 Å². The van der Waals surface area contributed by atoms with Crippen LogP contribution in [0.5, 0.6) is 5.75 Å². The first-order valence-electron chi connectivity index (χ1n) is 10.8. The zero-order valence-corrected chi connectivity index (χ0v) is 19.8. The molecule has 2 aromatic carbocycles. The Morgan fingerprint density at radius 2 is 1.71 bits per heavy atom. The van der Waals surface area contributed by atoms with Crippen LogP contribution in [0.1, 0.15) is 43.9 Å². The Balaban J connectivity index is 2.16. The Kier molecular flexibility index (Phi) is 9.38. The first kappa shape index (κ1) is 24.7. The fourth-order valence-corrected chi connectivity index (χ4v) is 3.60. The zero-order valence-electron chi connectivity index (χ0n) is 19.1. The van der Waals surface area contributed by atoms with Gasteiger partial charge in [-0.05, 0) is 69.4 Å². The van der Waals surface area contributed by atoms with Gasteiger partial charge in [-0.3, -0.25) is 9.59 Å². The number of amides is 2. The van der Waals surface area contributed by atoms with E-state index in [0.717, 1.165) is 16.7 Å². The quantitative estimate of drug-likeness (QED) is 0.577. The lowest BCUT2D eigenvalue weighted by Crippen LogP contribution is -2.52. The highest BCUT2D eigenvalue weighted by molar-refractivity contribution is 6.32. The SMILES string of the molecule is CCC(C(=O)NC(C)C)N(CCc1ccccc1)C(=O)COc1cc(C)c(Cl)c(C)c1. The number of hydrogen-bond acceptors (Lipinski definition) is 3. The van der Waals surface area contributed by atoms with E-state index in [4.69, 9.17) is 16.3 Å². The number of ether oxygens (including phenoxy) is 1. The summed E-state index contributed by atoms with van der Waals surface area (Å²) >= 11 is 6.22. The largest absolute Gasteiger partial charge is 0.484 e. The Labute approximate surface area is 190 Å². The third-order valence-corrected chi connectivity index (χ3v) is 5.67. The van der Waals surface area contributed by atoms with Gasteiger partial charge in [0.1, 0.15) is 11.8 Å². The fourth-order valence-electron chi connectivity index (χ4n) is 3.49. The summed E-state index contributed by atoms with van der Waals surface area (Å²) in [6, 6.07) is 13.0. The Hall–Kier alpha value is -2.53. The first-order chi connectivity index (χ1) is 14.7. The molecule has 0 bridgehead atoms. The summed E-state index contributed by atoms with van der Waals surface area (Å²) in [7, 11) is 0. The van der Waals surface area contributed by atoms with Crippen molar-refractivity contribution in [3.8, 4) is 5.75 Å². The van der Waals surface area contributed by atoms with E-state index >= 15 is 0 Å². The van der Waals surface area contributed by atoms with Crippen LogP contribution in [-0.4, -0.2) is 41.9 Å². The molecule has 0 aliphatic heterocycles. The number of aryl methyl sites for hydroxylation is 2. The van der Waals surface area contributed by atoms with Gasteiger partial charge in [0.15, 0.2) is 6.61 Å². The molecule has 5 nitrogen and oxygen atoms in total. The van der Waals surface area contributed by atoms with Crippen molar-refractivity contribution in [1.82, 2.24) is 10.2 Å². The van der Waals surface area contributed by atoms with Crippen molar-refractivity contribution in [1.29, 1.82) is 0 Å². The average molecular weight is 445 g/mol. The van der Waals surface area contributed by atoms with Crippen molar-refractivity contribution in [3.05, 3.63) is 64.2 Å². The highest BCUT2D eigenvalue weighted by Gasteiger charge is 2.28. The van der Waals surface area contributed by atoms with Crippen molar-refractivity contribution >= 4 is 23.4 Å². The van der Waals surface area contributed by atoms with Crippen LogP contribution < -0.4 is 10.1 Å². The average Bonchev–Trinajstić information content (AvgIpc) is 2.73. The summed E-state index contributed by atoms with van der Waals surface area (Å²) in [5.74, 6) is 0.236. The van der Waals surface area contributed by atoms with E-state index in [1.165, 1.54) is 0 Å². The predicted octanol–water partition coefficient (Wildman–Crippen LogP) is 4.71. The minimum atomic E-state index is -0.545. The lowest BCUT2D eigenvalue weighted by molar-refractivity contribution is -0.142. The van der Waals surface area contributed by atoms with Crippen LogP contribution in [0.3, 0.4) is 0 Å². The summed E-state index contributed by atoms with van der Waals surface area (Å²) < 4.78 is 5.79. The maximum absolute atomic E-state index is 13.2.